The van der Waals surface area contributed by atoms with E-state index in [4.69, 9.17) is 14.2 Å². The Morgan fingerprint density at radius 3 is 1.96 bits per heavy atom. The highest BCUT2D eigenvalue weighted by molar-refractivity contribution is 5.43. The minimum atomic E-state index is -4.65. The van der Waals surface area contributed by atoms with Crippen LogP contribution in [0.5, 0.6) is 17.2 Å². The summed E-state index contributed by atoms with van der Waals surface area (Å²) in [4.78, 5) is 0. The Hall–Kier alpha value is -2.48. The Balaban J connectivity index is 0.00000190. The SMILES string of the molecule is CC.COc1ccc(CN(F)Cc2cccc(OC)c2C(F)(F)F)c(OC)c1. The number of hydrogen-bond donors (Lipinski definition) is 0. The van der Waals surface area contributed by atoms with Crippen molar-refractivity contribution in [2.75, 3.05) is 21.3 Å². The molecule has 0 bridgehead atoms. The predicted molar refractivity (Wildman–Crippen MR) is 99.2 cm³/mol. The van der Waals surface area contributed by atoms with Crippen molar-refractivity contribution < 1.29 is 31.9 Å². The molecule has 0 radical (unpaired) electrons. The lowest BCUT2D eigenvalue weighted by Gasteiger charge is -2.19. The monoisotopic (exact) mass is 403 g/mol. The third-order valence-electron chi connectivity index (χ3n) is 3.79. The van der Waals surface area contributed by atoms with Gasteiger partial charge in [0.25, 0.3) is 0 Å². The molecule has 4 nitrogen and oxygen atoms in total. The molecular formula is C20H25F4NO3. The number of nitrogens with zero attached hydrogens (tertiary/aromatic N) is 1. The number of ether oxygens (including phenoxy) is 3. The average Bonchev–Trinajstić information content (AvgIpc) is 2.68. The zero-order chi connectivity index (χ0) is 21.3. The molecule has 0 spiro atoms. The number of alkyl halides is 3. The van der Waals surface area contributed by atoms with Crippen molar-refractivity contribution in [2.24, 2.45) is 0 Å². The topological polar surface area (TPSA) is 30.9 Å². The van der Waals surface area contributed by atoms with Crippen molar-refractivity contribution in [2.45, 2.75) is 33.1 Å². The van der Waals surface area contributed by atoms with Gasteiger partial charge in [0.2, 0.25) is 0 Å². The summed E-state index contributed by atoms with van der Waals surface area (Å²) in [5.41, 5.74) is -0.717. The van der Waals surface area contributed by atoms with E-state index in [0.29, 0.717) is 17.1 Å². The average molecular weight is 403 g/mol. The fraction of sp³-hybridized carbons (Fsp3) is 0.400. The second-order valence-corrected chi connectivity index (χ2v) is 5.45. The van der Waals surface area contributed by atoms with Gasteiger partial charge >= 0.3 is 6.18 Å². The van der Waals surface area contributed by atoms with Crippen molar-refractivity contribution in [3.05, 3.63) is 53.1 Å². The molecule has 0 saturated heterocycles. The number of methoxy groups -OCH3 is 3. The molecule has 8 heteroatoms. The second kappa shape index (κ2) is 10.8. The molecule has 156 valence electrons. The van der Waals surface area contributed by atoms with E-state index in [-0.39, 0.29) is 23.0 Å². The van der Waals surface area contributed by atoms with Gasteiger partial charge < -0.3 is 14.2 Å². The molecule has 2 rings (SSSR count). The molecule has 0 amide bonds. The van der Waals surface area contributed by atoms with E-state index in [2.05, 4.69) is 0 Å². The van der Waals surface area contributed by atoms with E-state index in [1.165, 1.54) is 32.4 Å². The summed E-state index contributed by atoms with van der Waals surface area (Å²) in [6.07, 6.45) is -4.65. The smallest absolute Gasteiger partial charge is 0.420 e. The van der Waals surface area contributed by atoms with Gasteiger partial charge in [0.15, 0.2) is 0 Å². The van der Waals surface area contributed by atoms with Gasteiger partial charge in [0, 0.05) is 11.6 Å². The van der Waals surface area contributed by atoms with Gasteiger partial charge in [-0.05, 0) is 17.7 Å². The minimum absolute atomic E-state index is 0.216. The van der Waals surface area contributed by atoms with Crippen molar-refractivity contribution in [3.8, 4) is 17.2 Å². The summed E-state index contributed by atoms with van der Waals surface area (Å²) in [6.45, 7) is 3.20. The Labute approximate surface area is 162 Å². The molecule has 0 heterocycles. The zero-order valence-corrected chi connectivity index (χ0v) is 16.6. The molecule has 0 aliphatic rings. The van der Waals surface area contributed by atoms with E-state index >= 15 is 0 Å². The van der Waals surface area contributed by atoms with Crippen LogP contribution >= 0.6 is 0 Å². The molecule has 0 atom stereocenters. The normalized spacial score (nSPS) is 10.9. The molecule has 0 saturated carbocycles. The van der Waals surface area contributed by atoms with Crippen LogP contribution in [-0.4, -0.2) is 26.5 Å². The second-order valence-electron chi connectivity index (χ2n) is 5.45. The maximum Gasteiger partial charge on any atom is 0.420 e. The van der Waals surface area contributed by atoms with Crippen LogP contribution < -0.4 is 14.2 Å². The van der Waals surface area contributed by atoms with E-state index < -0.39 is 18.3 Å². The molecular weight excluding hydrogens is 378 g/mol. The zero-order valence-electron chi connectivity index (χ0n) is 16.6. The summed E-state index contributed by atoms with van der Waals surface area (Å²) in [5.74, 6) is 0.572. The summed E-state index contributed by atoms with van der Waals surface area (Å²) in [5, 5.41) is 0.286. The lowest BCUT2D eigenvalue weighted by molar-refractivity contribution is -0.140. The first-order chi connectivity index (χ1) is 13.3. The highest BCUT2D eigenvalue weighted by Gasteiger charge is 2.37. The molecule has 2 aromatic rings. The highest BCUT2D eigenvalue weighted by Crippen LogP contribution is 2.39. The molecule has 2 aromatic carbocycles. The number of rotatable bonds is 7. The minimum Gasteiger partial charge on any atom is -0.497 e. The van der Waals surface area contributed by atoms with Crippen LogP contribution in [0, 0.1) is 0 Å². The van der Waals surface area contributed by atoms with E-state index in [0.717, 1.165) is 7.11 Å². The van der Waals surface area contributed by atoms with Gasteiger partial charge in [-0.2, -0.15) is 13.2 Å². The van der Waals surface area contributed by atoms with E-state index in [1.54, 1.807) is 18.2 Å². The molecule has 0 fully saturated rings. The summed E-state index contributed by atoms with van der Waals surface area (Å²) in [6, 6.07) is 8.62. The summed E-state index contributed by atoms with van der Waals surface area (Å²) >= 11 is 0. The van der Waals surface area contributed by atoms with Crippen molar-refractivity contribution in [3.63, 3.8) is 0 Å². The molecule has 0 N–H and O–H groups in total. The van der Waals surface area contributed by atoms with Gasteiger partial charge in [0.1, 0.15) is 22.8 Å². The standard InChI is InChI=1S/C18H19F4NO3.C2H6/c1-24-14-8-7-12(16(9-14)26-3)10-23(22)11-13-5-4-6-15(25-2)17(13)18(19,20)21;1-2/h4-9H,10-11H2,1-3H3;1-2H3. The maximum absolute atomic E-state index is 14.4. The lowest BCUT2D eigenvalue weighted by atomic mass is 10.1. The molecule has 0 aliphatic carbocycles. The fourth-order valence-corrected chi connectivity index (χ4v) is 2.61. The number of hydrogen-bond acceptors (Lipinski definition) is 4. The van der Waals surface area contributed by atoms with Gasteiger partial charge in [-0.15, -0.1) is 9.60 Å². The van der Waals surface area contributed by atoms with Crippen LogP contribution in [0.3, 0.4) is 0 Å². The fourth-order valence-electron chi connectivity index (χ4n) is 2.61. The quantitative estimate of drug-likeness (QED) is 0.442. The van der Waals surface area contributed by atoms with Gasteiger partial charge in [-0.25, -0.2) is 0 Å². The van der Waals surface area contributed by atoms with Gasteiger partial charge in [-0.3, -0.25) is 0 Å². The Morgan fingerprint density at radius 2 is 1.43 bits per heavy atom. The van der Waals surface area contributed by atoms with Gasteiger partial charge in [-0.1, -0.05) is 32.0 Å². The van der Waals surface area contributed by atoms with E-state index in [1.807, 2.05) is 13.8 Å². The summed E-state index contributed by atoms with van der Waals surface area (Å²) in [7, 11) is 4.05. The molecule has 28 heavy (non-hydrogen) atoms. The first-order valence-electron chi connectivity index (χ1n) is 8.64. The first kappa shape index (κ1) is 23.6. The van der Waals surface area contributed by atoms with E-state index in [9.17, 15) is 17.7 Å². The van der Waals surface area contributed by atoms with Crippen molar-refractivity contribution >= 4 is 0 Å². The Kier molecular flexibility index (Phi) is 9.05. The van der Waals surface area contributed by atoms with Crippen LogP contribution in [0.1, 0.15) is 30.5 Å². The molecule has 0 unspecified atom stereocenters. The maximum atomic E-state index is 14.4. The highest BCUT2D eigenvalue weighted by atomic mass is 19.4. The molecule has 0 aromatic heterocycles. The van der Waals surface area contributed by atoms with Crippen LogP contribution in [0.15, 0.2) is 36.4 Å². The van der Waals surface area contributed by atoms with Crippen molar-refractivity contribution in [1.82, 2.24) is 5.12 Å². The molecule has 0 aliphatic heterocycles. The van der Waals surface area contributed by atoms with Crippen LogP contribution in [-0.2, 0) is 19.3 Å². The Bertz CT molecular complexity index is 751. The number of halogens is 4. The van der Waals surface area contributed by atoms with Crippen LogP contribution in [0.2, 0.25) is 0 Å². The summed E-state index contributed by atoms with van der Waals surface area (Å²) < 4.78 is 69.4. The predicted octanol–water partition coefficient (Wildman–Crippen LogP) is 5.64. The van der Waals surface area contributed by atoms with Gasteiger partial charge in [0.05, 0.1) is 34.4 Å². The third kappa shape index (κ3) is 6.02. The lowest BCUT2D eigenvalue weighted by Crippen LogP contribution is -2.18. The first-order valence-corrected chi connectivity index (χ1v) is 8.64. The van der Waals surface area contributed by atoms with Crippen LogP contribution in [0.4, 0.5) is 17.7 Å². The van der Waals surface area contributed by atoms with Crippen molar-refractivity contribution in [1.29, 1.82) is 0 Å². The largest absolute Gasteiger partial charge is 0.497 e. The van der Waals surface area contributed by atoms with Crippen LogP contribution in [0.25, 0.3) is 0 Å². The third-order valence-corrected chi connectivity index (χ3v) is 3.79. The Morgan fingerprint density at radius 1 is 0.821 bits per heavy atom. The number of benzene rings is 2.